The minimum absolute atomic E-state index is 0.275. The van der Waals surface area contributed by atoms with Crippen LogP contribution in [-0.2, 0) is 6.54 Å². The van der Waals surface area contributed by atoms with Gasteiger partial charge in [0.05, 0.1) is 11.0 Å². The van der Waals surface area contributed by atoms with E-state index >= 15 is 0 Å². The van der Waals surface area contributed by atoms with Gasteiger partial charge in [0.25, 0.3) is 0 Å². The van der Waals surface area contributed by atoms with Crippen molar-refractivity contribution in [1.82, 2.24) is 5.32 Å². The first-order valence-corrected chi connectivity index (χ1v) is 7.16. The monoisotopic (exact) mass is 325 g/mol. The molecule has 2 nitrogen and oxygen atoms in total. The van der Waals surface area contributed by atoms with Crippen molar-refractivity contribution in [2.45, 2.75) is 26.8 Å². The normalized spacial score (nSPS) is 10.9. The molecular formula is C15H17BrFNO. The fourth-order valence-corrected chi connectivity index (χ4v) is 2.38. The molecule has 0 aliphatic rings. The van der Waals surface area contributed by atoms with E-state index in [1.165, 1.54) is 6.07 Å². The van der Waals surface area contributed by atoms with Crippen LogP contribution >= 0.6 is 15.9 Å². The molecule has 0 unspecified atom stereocenters. The lowest BCUT2D eigenvalue weighted by Gasteiger charge is -2.05. The SMILES string of the molecule is CCCNCc1ccc(-c2cc(F)c(Br)cc2C)o1. The lowest BCUT2D eigenvalue weighted by molar-refractivity contribution is 0.493. The van der Waals surface area contributed by atoms with Gasteiger partial charge in [0.15, 0.2) is 0 Å². The lowest BCUT2D eigenvalue weighted by Crippen LogP contribution is -2.12. The van der Waals surface area contributed by atoms with Crippen LogP contribution in [0.15, 0.2) is 33.2 Å². The maximum atomic E-state index is 13.6. The third-order valence-corrected chi connectivity index (χ3v) is 3.53. The Labute approximate surface area is 121 Å². The van der Waals surface area contributed by atoms with Crippen LogP contribution in [-0.4, -0.2) is 6.54 Å². The Balaban J connectivity index is 2.20. The Hall–Kier alpha value is -1.13. The molecule has 0 bridgehead atoms. The summed E-state index contributed by atoms with van der Waals surface area (Å²) in [5.41, 5.74) is 1.78. The molecule has 2 aromatic rings. The molecule has 0 aliphatic heterocycles. The van der Waals surface area contributed by atoms with Gasteiger partial charge in [0.2, 0.25) is 0 Å². The first-order chi connectivity index (χ1) is 9.11. The van der Waals surface area contributed by atoms with Crippen LogP contribution in [0.4, 0.5) is 4.39 Å². The number of hydrogen-bond donors (Lipinski definition) is 1. The Kier molecular flexibility index (Phi) is 4.77. The van der Waals surface area contributed by atoms with Gasteiger partial charge in [-0.15, -0.1) is 0 Å². The zero-order chi connectivity index (χ0) is 13.8. The van der Waals surface area contributed by atoms with E-state index in [0.29, 0.717) is 16.8 Å². The summed E-state index contributed by atoms with van der Waals surface area (Å²) in [5, 5.41) is 3.28. The molecule has 0 amide bonds. The summed E-state index contributed by atoms with van der Waals surface area (Å²) in [6.07, 6.45) is 1.09. The Morgan fingerprint density at radius 2 is 2.11 bits per heavy atom. The van der Waals surface area contributed by atoms with Gasteiger partial charge >= 0.3 is 0 Å². The second-order valence-corrected chi connectivity index (χ2v) is 5.38. The summed E-state index contributed by atoms with van der Waals surface area (Å²) < 4.78 is 19.8. The highest BCUT2D eigenvalue weighted by Crippen LogP contribution is 2.29. The topological polar surface area (TPSA) is 25.2 Å². The molecule has 4 heteroatoms. The highest BCUT2D eigenvalue weighted by Gasteiger charge is 2.11. The van der Waals surface area contributed by atoms with Crippen LogP contribution in [0.5, 0.6) is 0 Å². The highest BCUT2D eigenvalue weighted by atomic mass is 79.9. The minimum atomic E-state index is -0.275. The van der Waals surface area contributed by atoms with Gasteiger partial charge < -0.3 is 9.73 Å². The standard InChI is InChI=1S/C15H17BrFNO/c1-3-6-18-9-11-4-5-15(19-11)12-8-14(17)13(16)7-10(12)2/h4-5,7-8,18H,3,6,9H2,1-2H3. The van der Waals surface area contributed by atoms with E-state index in [1.54, 1.807) is 6.07 Å². The smallest absolute Gasteiger partial charge is 0.138 e. The van der Waals surface area contributed by atoms with Gasteiger partial charge in [0, 0.05) is 5.56 Å². The van der Waals surface area contributed by atoms with Crippen LogP contribution < -0.4 is 5.32 Å². The van der Waals surface area contributed by atoms with Crippen molar-refractivity contribution in [1.29, 1.82) is 0 Å². The third kappa shape index (κ3) is 3.45. The molecule has 0 spiro atoms. The molecular weight excluding hydrogens is 309 g/mol. The Bertz CT molecular complexity index is 565. The summed E-state index contributed by atoms with van der Waals surface area (Å²) in [6, 6.07) is 7.08. The van der Waals surface area contributed by atoms with E-state index in [4.69, 9.17) is 4.42 Å². The van der Waals surface area contributed by atoms with Crippen LogP contribution in [0.2, 0.25) is 0 Å². The van der Waals surface area contributed by atoms with Crippen molar-refractivity contribution >= 4 is 15.9 Å². The molecule has 0 saturated heterocycles. The molecule has 1 heterocycles. The van der Waals surface area contributed by atoms with Crippen molar-refractivity contribution in [2.24, 2.45) is 0 Å². The quantitative estimate of drug-likeness (QED) is 0.809. The number of hydrogen-bond acceptors (Lipinski definition) is 2. The third-order valence-electron chi connectivity index (χ3n) is 2.92. The molecule has 1 aromatic heterocycles. The molecule has 0 radical (unpaired) electrons. The van der Waals surface area contributed by atoms with Gasteiger partial charge in [0.1, 0.15) is 17.3 Å². The summed E-state index contributed by atoms with van der Waals surface area (Å²) >= 11 is 3.18. The van der Waals surface area contributed by atoms with Crippen LogP contribution in [0, 0.1) is 12.7 Å². The number of halogens is 2. The van der Waals surface area contributed by atoms with Crippen molar-refractivity contribution < 1.29 is 8.81 Å². The van der Waals surface area contributed by atoms with Crippen molar-refractivity contribution in [2.75, 3.05) is 6.54 Å². The summed E-state index contributed by atoms with van der Waals surface area (Å²) in [6.45, 7) is 5.72. The minimum Gasteiger partial charge on any atom is -0.460 e. The Morgan fingerprint density at radius 1 is 1.32 bits per heavy atom. The number of furan rings is 1. The molecule has 1 N–H and O–H groups in total. The molecule has 1 aromatic carbocycles. The van der Waals surface area contributed by atoms with Gasteiger partial charge in [-0.25, -0.2) is 4.39 Å². The number of nitrogens with one attached hydrogen (secondary N) is 1. The van der Waals surface area contributed by atoms with E-state index in [0.717, 1.165) is 29.9 Å². The second-order valence-electron chi connectivity index (χ2n) is 4.52. The van der Waals surface area contributed by atoms with E-state index in [1.807, 2.05) is 19.1 Å². The molecule has 0 fully saturated rings. The maximum absolute atomic E-state index is 13.6. The predicted molar refractivity (Wildman–Crippen MR) is 78.5 cm³/mol. The summed E-state index contributed by atoms with van der Waals surface area (Å²) in [5.74, 6) is 1.30. The molecule has 19 heavy (non-hydrogen) atoms. The summed E-state index contributed by atoms with van der Waals surface area (Å²) in [4.78, 5) is 0. The van der Waals surface area contributed by atoms with Crippen molar-refractivity contribution in [3.8, 4) is 11.3 Å². The summed E-state index contributed by atoms with van der Waals surface area (Å²) in [7, 11) is 0. The number of benzene rings is 1. The highest BCUT2D eigenvalue weighted by molar-refractivity contribution is 9.10. The van der Waals surface area contributed by atoms with Gasteiger partial charge in [-0.1, -0.05) is 6.92 Å². The van der Waals surface area contributed by atoms with E-state index in [2.05, 4.69) is 28.2 Å². The fourth-order valence-electron chi connectivity index (χ4n) is 1.92. The van der Waals surface area contributed by atoms with E-state index < -0.39 is 0 Å². The molecule has 0 saturated carbocycles. The molecule has 0 aliphatic carbocycles. The van der Waals surface area contributed by atoms with Crippen molar-refractivity contribution in [3.63, 3.8) is 0 Å². The van der Waals surface area contributed by atoms with Gasteiger partial charge in [-0.05, 0) is 65.6 Å². The lowest BCUT2D eigenvalue weighted by atomic mass is 10.1. The zero-order valence-corrected chi connectivity index (χ0v) is 12.7. The first kappa shape index (κ1) is 14.3. The number of aryl methyl sites for hydroxylation is 1. The van der Waals surface area contributed by atoms with Crippen LogP contribution in [0.25, 0.3) is 11.3 Å². The largest absolute Gasteiger partial charge is 0.460 e. The fraction of sp³-hybridized carbons (Fsp3) is 0.333. The predicted octanol–water partition coefficient (Wildman–Crippen LogP) is 4.66. The molecule has 0 atom stereocenters. The average molecular weight is 326 g/mol. The Morgan fingerprint density at radius 3 is 2.84 bits per heavy atom. The number of rotatable bonds is 5. The maximum Gasteiger partial charge on any atom is 0.138 e. The zero-order valence-electron chi connectivity index (χ0n) is 11.1. The van der Waals surface area contributed by atoms with Gasteiger partial charge in [-0.2, -0.15) is 0 Å². The van der Waals surface area contributed by atoms with E-state index in [9.17, 15) is 4.39 Å². The average Bonchev–Trinajstić information content (AvgIpc) is 2.83. The first-order valence-electron chi connectivity index (χ1n) is 6.37. The van der Waals surface area contributed by atoms with Crippen molar-refractivity contribution in [3.05, 3.63) is 45.9 Å². The van der Waals surface area contributed by atoms with Crippen LogP contribution in [0.3, 0.4) is 0 Å². The van der Waals surface area contributed by atoms with Crippen LogP contribution in [0.1, 0.15) is 24.7 Å². The molecule has 102 valence electrons. The van der Waals surface area contributed by atoms with E-state index in [-0.39, 0.29) is 5.82 Å². The van der Waals surface area contributed by atoms with Gasteiger partial charge in [-0.3, -0.25) is 0 Å². The molecule has 2 rings (SSSR count). The second kappa shape index (κ2) is 6.35.